The first-order valence-corrected chi connectivity index (χ1v) is 11.8. The summed E-state index contributed by atoms with van der Waals surface area (Å²) in [7, 11) is -2.36. The van der Waals surface area contributed by atoms with E-state index in [0.29, 0.717) is 0 Å². The Labute approximate surface area is 196 Å². The number of nitro benzene ring substituents is 1. The molecule has 1 fully saturated rings. The molecule has 3 rings (SSSR count). The van der Waals surface area contributed by atoms with E-state index >= 15 is 0 Å². The summed E-state index contributed by atoms with van der Waals surface area (Å²) in [6, 6.07) is 6.71. The Morgan fingerprint density at radius 3 is 2.56 bits per heavy atom. The summed E-state index contributed by atoms with van der Waals surface area (Å²) >= 11 is 0. The smallest absolute Gasteiger partial charge is 0.309 e. The molecule has 0 aliphatic carbocycles. The molecule has 12 nitrogen and oxygen atoms in total. The van der Waals surface area contributed by atoms with Gasteiger partial charge in [-0.3, -0.25) is 24.7 Å². The number of hydrogen-bond donors (Lipinski definition) is 1. The molecule has 34 heavy (non-hydrogen) atoms. The number of esters is 1. The van der Waals surface area contributed by atoms with Gasteiger partial charge in [0, 0.05) is 37.6 Å². The average molecular weight is 493 g/mol. The van der Waals surface area contributed by atoms with Crippen molar-refractivity contribution in [3.05, 3.63) is 52.8 Å². The van der Waals surface area contributed by atoms with Crippen LogP contribution in [0.15, 0.2) is 47.6 Å². The number of amides is 1. The number of carbonyl (C=O) groups excluding carboxylic acids is 2. The molecule has 1 aliphatic rings. The number of sulfonamides is 1. The van der Waals surface area contributed by atoms with Crippen molar-refractivity contribution >= 4 is 33.3 Å². The quantitative estimate of drug-likeness (QED) is 0.330. The average Bonchev–Trinajstić information content (AvgIpc) is 2.84. The number of anilines is 1. The van der Waals surface area contributed by atoms with Gasteiger partial charge in [-0.2, -0.15) is 4.31 Å². The van der Waals surface area contributed by atoms with Crippen molar-refractivity contribution in [2.75, 3.05) is 25.5 Å². The molecule has 182 valence electrons. The summed E-state index contributed by atoms with van der Waals surface area (Å²) in [5.41, 5.74) is -0.174. The third-order valence-corrected chi connectivity index (χ3v) is 7.26. The van der Waals surface area contributed by atoms with Crippen molar-refractivity contribution in [2.45, 2.75) is 30.8 Å². The second kappa shape index (κ2) is 10.6. The first-order valence-electron chi connectivity index (χ1n) is 10.4. The van der Waals surface area contributed by atoms with Gasteiger partial charge in [0.1, 0.15) is 10.6 Å². The van der Waals surface area contributed by atoms with E-state index in [1.54, 1.807) is 0 Å². The number of hydrogen-bond acceptors (Lipinski definition) is 9. The van der Waals surface area contributed by atoms with Crippen LogP contribution in [0, 0.1) is 16.0 Å². The molecule has 0 bridgehead atoms. The Balaban J connectivity index is 1.57. The standard InChI is InChI=1S/C21H24N4O8S/c1-14(20(26)23-18-12-16(25(28)29)5-6-19(18)32-2)33-21(27)15-7-10-24(11-8-15)34(30,31)17-4-3-9-22-13-17/h3-6,9,12-15H,7-8,10-11H2,1-2H3,(H,23,26). The number of nitro groups is 1. The Bertz CT molecular complexity index is 1160. The van der Waals surface area contributed by atoms with Crippen LogP contribution in [-0.4, -0.2) is 60.8 Å². The Hall–Kier alpha value is -3.58. The van der Waals surface area contributed by atoms with Crippen LogP contribution in [0.4, 0.5) is 11.4 Å². The summed E-state index contributed by atoms with van der Waals surface area (Å²) in [5, 5.41) is 13.5. The number of rotatable bonds is 8. The van der Waals surface area contributed by atoms with E-state index in [-0.39, 0.29) is 48.0 Å². The van der Waals surface area contributed by atoms with Crippen LogP contribution in [-0.2, 0) is 24.3 Å². The summed E-state index contributed by atoms with van der Waals surface area (Å²) in [5.74, 6) is -1.67. The molecular formula is C21H24N4O8S. The highest BCUT2D eigenvalue weighted by molar-refractivity contribution is 7.89. The van der Waals surface area contributed by atoms with Gasteiger partial charge in [-0.1, -0.05) is 0 Å². The largest absolute Gasteiger partial charge is 0.495 e. The normalized spacial score (nSPS) is 15.8. The lowest BCUT2D eigenvalue weighted by atomic mass is 9.98. The number of carbonyl (C=O) groups is 2. The lowest BCUT2D eigenvalue weighted by Crippen LogP contribution is -2.41. The van der Waals surface area contributed by atoms with Crippen molar-refractivity contribution < 1.29 is 32.4 Å². The monoisotopic (exact) mass is 492 g/mol. The SMILES string of the molecule is COc1ccc([N+](=O)[O-])cc1NC(=O)C(C)OC(=O)C1CCN(S(=O)(=O)c2cccnc2)CC1. The molecular weight excluding hydrogens is 468 g/mol. The van der Waals surface area contributed by atoms with Crippen LogP contribution < -0.4 is 10.1 Å². The number of methoxy groups -OCH3 is 1. The predicted molar refractivity (Wildman–Crippen MR) is 120 cm³/mol. The molecule has 0 radical (unpaired) electrons. The molecule has 2 heterocycles. The van der Waals surface area contributed by atoms with E-state index in [1.165, 1.54) is 55.0 Å². The minimum absolute atomic E-state index is 0.0681. The first-order chi connectivity index (χ1) is 16.1. The molecule has 1 unspecified atom stereocenters. The molecule has 0 spiro atoms. The molecule has 1 atom stereocenters. The van der Waals surface area contributed by atoms with Crippen molar-refractivity contribution in [1.82, 2.24) is 9.29 Å². The zero-order valence-electron chi connectivity index (χ0n) is 18.5. The van der Waals surface area contributed by atoms with Crippen molar-refractivity contribution in [1.29, 1.82) is 0 Å². The van der Waals surface area contributed by atoms with E-state index < -0.39 is 38.8 Å². The number of nitrogens with one attached hydrogen (secondary N) is 1. The molecule has 1 aromatic heterocycles. The van der Waals surface area contributed by atoms with Gasteiger partial charge in [0.05, 0.1) is 23.6 Å². The van der Waals surface area contributed by atoms with Crippen molar-refractivity contribution in [3.63, 3.8) is 0 Å². The Morgan fingerprint density at radius 1 is 1.26 bits per heavy atom. The second-order valence-corrected chi connectivity index (χ2v) is 9.52. The minimum atomic E-state index is -3.70. The first kappa shape index (κ1) is 25.1. The fourth-order valence-corrected chi connectivity index (χ4v) is 4.88. The molecule has 1 saturated heterocycles. The third-order valence-electron chi connectivity index (χ3n) is 5.37. The van der Waals surface area contributed by atoms with E-state index in [9.17, 15) is 28.1 Å². The zero-order valence-corrected chi connectivity index (χ0v) is 19.4. The van der Waals surface area contributed by atoms with Crippen LogP contribution in [0.2, 0.25) is 0 Å². The molecule has 1 N–H and O–H groups in total. The fourth-order valence-electron chi connectivity index (χ4n) is 3.45. The molecule has 2 aromatic rings. The van der Waals surface area contributed by atoms with Crippen LogP contribution >= 0.6 is 0 Å². The molecule has 13 heteroatoms. The van der Waals surface area contributed by atoms with Gasteiger partial charge >= 0.3 is 5.97 Å². The number of benzene rings is 1. The number of non-ortho nitro benzene ring substituents is 1. The molecule has 1 aromatic carbocycles. The maximum absolute atomic E-state index is 12.7. The van der Waals surface area contributed by atoms with E-state index in [2.05, 4.69) is 10.3 Å². The number of nitrogens with zero attached hydrogens (tertiary/aromatic N) is 3. The second-order valence-electron chi connectivity index (χ2n) is 7.58. The highest BCUT2D eigenvalue weighted by Gasteiger charge is 2.34. The predicted octanol–water partition coefficient (Wildman–Crippen LogP) is 1.97. The topological polar surface area (TPSA) is 158 Å². The van der Waals surface area contributed by atoms with Crippen LogP contribution in [0.25, 0.3) is 0 Å². The molecule has 1 amide bonds. The van der Waals surface area contributed by atoms with Gasteiger partial charge in [-0.15, -0.1) is 0 Å². The maximum atomic E-state index is 12.7. The van der Waals surface area contributed by atoms with E-state index in [4.69, 9.17) is 9.47 Å². The Kier molecular flexibility index (Phi) is 7.79. The summed E-state index contributed by atoms with van der Waals surface area (Å²) in [6.45, 7) is 1.63. The number of piperidine rings is 1. The van der Waals surface area contributed by atoms with Crippen LogP contribution in [0.1, 0.15) is 19.8 Å². The third kappa shape index (κ3) is 5.66. The number of ether oxygens (including phenoxy) is 2. The highest BCUT2D eigenvalue weighted by atomic mass is 32.2. The van der Waals surface area contributed by atoms with Gasteiger partial charge in [0.25, 0.3) is 11.6 Å². The molecule has 1 aliphatic heterocycles. The van der Waals surface area contributed by atoms with Crippen LogP contribution in [0.5, 0.6) is 5.75 Å². The highest BCUT2D eigenvalue weighted by Crippen LogP contribution is 2.29. The fraction of sp³-hybridized carbons (Fsp3) is 0.381. The van der Waals surface area contributed by atoms with Crippen molar-refractivity contribution in [3.8, 4) is 5.75 Å². The summed E-state index contributed by atoms with van der Waals surface area (Å²) in [4.78, 5) is 39.4. The Morgan fingerprint density at radius 2 is 1.97 bits per heavy atom. The summed E-state index contributed by atoms with van der Waals surface area (Å²) in [6.07, 6.45) is 2.05. The van der Waals surface area contributed by atoms with Gasteiger partial charge < -0.3 is 14.8 Å². The molecule has 0 saturated carbocycles. The van der Waals surface area contributed by atoms with Crippen molar-refractivity contribution in [2.24, 2.45) is 5.92 Å². The van der Waals surface area contributed by atoms with E-state index in [0.717, 1.165) is 6.07 Å². The van der Waals surface area contributed by atoms with Gasteiger partial charge in [0.2, 0.25) is 10.0 Å². The lowest BCUT2D eigenvalue weighted by Gasteiger charge is -2.30. The maximum Gasteiger partial charge on any atom is 0.309 e. The van der Waals surface area contributed by atoms with E-state index in [1.807, 2.05) is 0 Å². The lowest BCUT2D eigenvalue weighted by molar-refractivity contribution is -0.384. The van der Waals surface area contributed by atoms with Crippen LogP contribution in [0.3, 0.4) is 0 Å². The van der Waals surface area contributed by atoms with Gasteiger partial charge in [0.15, 0.2) is 6.10 Å². The van der Waals surface area contributed by atoms with Gasteiger partial charge in [-0.25, -0.2) is 8.42 Å². The summed E-state index contributed by atoms with van der Waals surface area (Å²) < 4.78 is 37.0. The number of aromatic nitrogens is 1. The van der Waals surface area contributed by atoms with Gasteiger partial charge in [-0.05, 0) is 38.0 Å². The minimum Gasteiger partial charge on any atom is -0.495 e. The number of pyridine rings is 1. The zero-order chi connectivity index (χ0) is 24.9.